The lowest BCUT2D eigenvalue weighted by Crippen LogP contribution is -2.33. The molecular weight excluding hydrogens is 352 g/mol. The van der Waals surface area contributed by atoms with Crippen LogP contribution in [0, 0.1) is 0 Å². The van der Waals surface area contributed by atoms with Crippen LogP contribution in [-0.2, 0) is 11.3 Å². The Hall–Kier alpha value is -3.13. The van der Waals surface area contributed by atoms with E-state index in [-0.39, 0.29) is 31.4 Å². The maximum atomic E-state index is 11.9. The minimum atomic E-state index is -0.346. The fourth-order valence-electron chi connectivity index (χ4n) is 2.17. The van der Waals surface area contributed by atoms with Gasteiger partial charge in [-0.25, -0.2) is 9.78 Å². The van der Waals surface area contributed by atoms with Crippen LogP contribution in [0.25, 0.3) is 10.8 Å². The van der Waals surface area contributed by atoms with E-state index in [0.717, 1.165) is 4.88 Å². The SMILES string of the molecule is O=C(CCNC(=O)Nc1ccccc1)NCc1coc(-c2cccs2)n1. The highest BCUT2D eigenvalue weighted by Gasteiger charge is 2.09. The third-order valence-corrected chi connectivity index (χ3v) is 4.28. The molecule has 0 aliphatic heterocycles. The molecule has 2 heterocycles. The molecule has 0 saturated carbocycles. The Labute approximate surface area is 154 Å². The normalized spacial score (nSPS) is 10.3. The van der Waals surface area contributed by atoms with Crippen molar-refractivity contribution in [1.82, 2.24) is 15.6 Å². The van der Waals surface area contributed by atoms with E-state index in [0.29, 0.717) is 17.3 Å². The minimum Gasteiger partial charge on any atom is -0.443 e. The first kappa shape index (κ1) is 17.7. The van der Waals surface area contributed by atoms with Crippen LogP contribution in [-0.4, -0.2) is 23.5 Å². The number of urea groups is 1. The summed E-state index contributed by atoms with van der Waals surface area (Å²) in [6.45, 7) is 0.522. The lowest BCUT2D eigenvalue weighted by atomic mass is 10.3. The number of hydrogen-bond donors (Lipinski definition) is 3. The van der Waals surface area contributed by atoms with E-state index in [1.807, 2.05) is 35.7 Å². The van der Waals surface area contributed by atoms with Crippen molar-refractivity contribution in [2.24, 2.45) is 0 Å². The molecular formula is C18H18N4O3S. The Morgan fingerprint density at radius 3 is 2.69 bits per heavy atom. The highest BCUT2D eigenvalue weighted by atomic mass is 32.1. The van der Waals surface area contributed by atoms with Crippen LogP contribution < -0.4 is 16.0 Å². The summed E-state index contributed by atoms with van der Waals surface area (Å²) < 4.78 is 5.39. The number of anilines is 1. The molecule has 3 N–H and O–H groups in total. The fourth-order valence-corrected chi connectivity index (χ4v) is 2.82. The number of benzene rings is 1. The average molecular weight is 370 g/mol. The Kier molecular flexibility index (Phi) is 6.00. The van der Waals surface area contributed by atoms with Gasteiger partial charge in [-0.3, -0.25) is 4.79 Å². The van der Waals surface area contributed by atoms with Crippen LogP contribution in [0.2, 0.25) is 0 Å². The number of oxazole rings is 1. The third kappa shape index (κ3) is 5.18. The topological polar surface area (TPSA) is 96.3 Å². The van der Waals surface area contributed by atoms with E-state index in [9.17, 15) is 9.59 Å². The monoisotopic (exact) mass is 370 g/mol. The van der Waals surface area contributed by atoms with Crippen molar-refractivity contribution in [3.8, 4) is 10.8 Å². The van der Waals surface area contributed by atoms with Gasteiger partial charge in [-0.1, -0.05) is 24.3 Å². The zero-order valence-electron chi connectivity index (χ0n) is 13.9. The number of amides is 3. The van der Waals surface area contributed by atoms with E-state index >= 15 is 0 Å². The summed E-state index contributed by atoms with van der Waals surface area (Å²) in [5.41, 5.74) is 1.35. The van der Waals surface area contributed by atoms with Crippen molar-refractivity contribution in [2.45, 2.75) is 13.0 Å². The minimum absolute atomic E-state index is 0.175. The number of rotatable bonds is 7. The maximum Gasteiger partial charge on any atom is 0.319 e. The van der Waals surface area contributed by atoms with Crippen LogP contribution in [0.15, 0.2) is 58.5 Å². The van der Waals surface area contributed by atoms with Crippen molar-refractivity contribution < 1.29 is 14.0 Å². The molecule has 0 bridgehead atoms. The Morgan fingerprint density at radius 1 is 1.08 bits per heavy atom. The van der Waals surface area contributed by atoms with E-state index in [2.05, 4.69) is 20.9 Å². The number of thiophene rings is 1. The summed E-state index contributed by atoms with van der Waals surface area (Å²) in [6, 6.07) is 12.6. The number of carbonyl (C=O) groups is 2. The van der Waals surface area contributed by atoms with Crippen LogP contribution in [0.1, 0.15) is 12.1 Å². The zero-order chi connectivity index (χ0) is 18.2. The van der Waals surface area contributed by atoms with Gasteiger partial charge >= 0.3 is 6.03 Å². The summed E-state index contributed by atoms with van der Waals surface area (Å²) in [5.74, 6) is 0.370. The van der Waals surface area contributed by atoms with Gasteiger partial charge in [0.25, 0.3) is 0 Å². The average Bonchev–Trinajstić information content (AvgIpc) is 3.32. The molecule has 0 aliphatic carbocycles. The summed E-state index contributed by atoms with van der Waals surface area (Å²) in [7, 11) is 0. The number of hydrogen-bond acceptors (Lipinski definition) is 5. The predicted octanol–water partition coefficient (Wildman–Crippen LogP) is 3.23. The highest BCUT2D eigenvalue weighted by Crippen LogP contribution is 2.23. The van der Waals surface area contributed by atoms with E-state index in [1.54, 1.807) is 12.1 Å². The van der Waals surface area contributed by atoms with Gasteiger partial charge in [0.2, 0.25) is 11.8 Å². The number of nitrogens with zero attached hydrogens (tertiary/aromatic N) is 1. The number of carbonyl (C=O) groups excluding carboxylic acids is 2. The molecule has 3 aromatic rings. The molecule has 2 aromatic heterocycles. The second-order valence-electron chi connectivity index (χ2n) is 5.39. The van der Waals surface area contributed by atoms with Crippen molar-refractivity contribution in [3.05, 3.63) is 59.8 Å². The van der Waals surface area contributed by atoms with Crippen molar-refractivity contribution in [1.29, 1.82) is 0 Å². The second kappa shape index (κ2) is 8.82. The standard InChI is InChI=1S/C18H18N4O3S/c23-16(8-9-19-18(24)22-13-5-2-1-3-6-13)20-11-14-12-25-17(21-14)15-7-4-10-26-15/h1-7,10,12H,8-9,11H2,(H,20,23)(H2,19,22,24). The molecule has 7 nitrogen and oxygen atoms in total. The number of para-hydroxylation sites is 1. The van der Waals surface area contributed by atoms with Gasteiger partial charge in [0.1, 0.15) is 6.26 Å². The molecule has 0 radical (unpaired) electrons. The third-order valence-electron chi connectivity index (χ3n) is 3.42. The zero-order valence-corrected chi connectivity index (χ0v) is 14.7. The molecule has 3 amide bonds. The summed E-state index contributed by atoms with van der Waals surface area (Å²) >= 11 is 1.54. The lowest BCUT2D eigenvalue weighted by molar-refractivity contribution is -0.121. The maximum absolute atomic E-state index is 11.9. The summed E-state index contributed by atoms with van der Waals surface area (Å²) in [4.78, 5) is 28.8. The van der Waals surface area contributed by atoms with Gasteiger partial charge in [-0.2, -0.15) is 0 Å². The molecule has 134 valence electrons. The van der Waals surface area contributed by atoms with Gasteiger partial charge in [-0.15, -0.1) is 11.3 Å². The fraction of sp³-hybridized carbons (Fsp3) is 0.167. The molecule has 3 rings (SSSR count). The van der Waals surface area contributed by atoms with Crippen LogP contribution >= 0.6 is 11.3 Å². The smallest absolute Gasteiger partial charge is 0.319 e. The Morgan fingerprint density at radius 2 is 1.92 bits per heavy atom. The van der Waals surface area contributed by atoms with Gasteiger partial charge in [0.05, 0.1) is 17.1 Å². The van der Waals surface area contributed by atoms with E-state index in [1.165, 1.54) is 17.6 Å². The highest BCUT2D eigenvalue weighted by molar-refractivity contribution is 7.13. The molecule has 8 heteroatoms. The predicted molar refractivity (Wildman–Crippen MR) is 99.7 cm³/mol. The molecule has 0 saturated heterocycles. The molecule has 26 heavy (non-hydrogen) atoms. The van der Waals surface area contributed by atoms with Gasteiger partial charge in [-0.05, 0) is 23.6 Å². The van der Waals surface area contributed by atoms with Gasteiger partial charge < -0.3 is 20.4 Å². The summed E-state index contributed by atoms with van der Waals surface area (Å²) in [6.07, 6.45) is 1.71. The van der Waals surface area contributed by atoms with Gasteiger partial charge in [0, 0.05) is 18.7 Å². The van der Waals surface area contributed by atoms with Crippen LogP contribution in [0.3, 0.4) is 0 Å². The first-order valence-corrected chi connectivity index (χ1v) is 8.93. The van der Waals surface area contributed by atoms with Crippen molar-refractivity contribution in [2.75, 3.05) is 11.9 Å². The largest absolute Gasteiger partial charge is 0.443 e. The Bertz CT molecular complexity index is 846. The first-order valence-electron chi connectivity index (χ1n) is 8.05. The Balaban J connectivity index is 1.35. The van der Waals surface area contributed by atoms with Gasteiger partial charge in [0.15, 0.2) is 0 Å². The molecule has 0 unspecified atom stereocenters. The quantitative estimate of drug-likeness (QED) is 0.595. The van der Waals surface area contributed by atoms with E-state index in [4.69, 9.17) is 4.42 Å². The number of nitrogens with one attached hydrogen (secondary N) is 3. The molecule has 0 atom stereocenters. The van der Waals surface area contributed by atoms with Crippen molar-refractivity contribution >= 4 is 29.0 Å². The second-order valence-corrected chi connectivity index (χ2v) is 6.34. The molecule has 0 spiro atoms. The van der Waals surface area contributed by atoms with Crippen LogP contribution in [0.4, 0.5) is 10.5 Å². The first-order chi connectivity index (χ1) is 12.7. The molecule has 0 aliphatic rings. The summed E-state index contributed by atoms with van der Waals surface area (Å²) in [5, 5.41) is 10.0. The number of aromatic nitrogens is 1. The van der Waals surface area contributed by atoms with Crippen LogP contribution in [0.5, 0.6) is 0 Å². The van der Waals surface area contributed by atoms with E-state index < -0.39 is 0 Å². The molecule has 0 fully saturated rings. The molecule has 1 aromatic carbocycles. The lowest BCUT2D eigenvalue weighted by Gasteiger charge is -2.07. The van der Waals surface area contributed by atoms with Crippen molar-refractivity contribution in [3.63, 3.8) is 0 Å².